The van der Waals surface area contributed by atoms with Gasteiger partial charge in [-0.3, -0.25) is 0 Å². The molecule has 1 aromatic carbocycles. The summed E-state index contributed by atoms with van der Waals surface area (Å²) in [6.45, 7) is 1.27. The lowest BCUT2D eigenvalue weighted by Crippen LogP contribution is -2.07. The van der Waals surface area contributed by atoms with Crippen LogP contribution in [0.25, 0.3) is 11.3 Å². The molecule has 1 heterocycles. The molecule has 0 radical (unpaired) electrons. The highest BCUT2D eigenvalue weighted by molar-refractivity contribution is 5.96. The van der Waals surface area contributed by atoms with Crippen molar-refractivity contribution in [3.8, 4) is 11.3 Å². The molecule has 0 N–H and O–H groups in total. The van der Waals surface area contributed by atoms with Crippen LogP contribution in [0.3, 0.4) is 0 Å². The van der Waals surface area contributed by atoms with Crippen molar-refractivity contribution in [3.05, 3.63) is 36.0 Å². The molecule has 0 unspecified atom stereocenters. The smallest absolute Gasteiger partial charge is 0.338 e. The zero-order valence-electron chi connectivity index (χ0n) is 12.0. The maximum atomic E-state index is 11.7. The third-order valence-corrected chi connectivity index (χ3v) is 2.80. The van der Waals surface area contributed by atoms with Crippen LogP contribution in [0.1, 0.15) is 10.4 Å². The van der Waals surface area contributed by atoms with Gasteiger partial charge in [-0.05, 0) is 6.07 Å². The Hall–Kier alpha value is -2.25. The van der Waals surface area contributed by atoms with Crippen LogP contribution in [0, 0.1) is 0 Å². The van der Waals surface area contributed by atoms with Crippen LogP contribution in [0.15, 0.2) is 30.5 Å². The Morgan fingerprint density at radius 1 is 1.24 bits per heavy atom. The fourth-order valence-corrected chi connectivity index (χ4v) is 1.78. The van der Waals surface area contributed by atoms with Gasteiger partial charge in [0.05, 0.1) is 32.1 Å². The zero-order chi connectivity index (χ0) is 15.1. The molecule has 0 amide bonds. The monoisotopic (exact) mass is 291 g/mol. The van der Waals surface area contributed by atoms with Crippen molar-refractivity contribution >= 4 is 5.97 Å². The second kappa shape index (κ2) is 7.51. The molecule has 0 saturated heterocycles. The summed E-state index contributed by atoms with van der Waals surface area (Å²) in [7, 11) is 2.96. The van der Waals surface area contributed by atoms with E-state index in [1.165, 1.54) is 7.11 Å². The number of hydrogen-bond donors (Lipinski definition) is 0. The van der Waals surface area contributed by atoms with E-state index in [9.17, 15) is 4.79 Å². The molecule has 2 aromatic rings. The summed E-state index contributed by atoms with van der Waals surface area (Å²) in [5.41, 5.74) is 1.71. The molecule has 1 aromatic heterocycles. The average molecular weight is 291 g/mol. The predicted molar refractivity (Wildman–Crippen MR) is 74.6 cm³/mol. The standard InChI is InChI=1S/C14H17N3O4/c1-19-7-8-21-10-17-9-13(15-16-17)11-5-3-4-6-12(11)14(18)20-2/h3-6,9H,7-8,10H2,1-2H3. The Morgan fingerprint density at radius 2 is 2.05 bits per heavy atom. The highest BCUT2D eigenvalue weighted by atomic mass is 16.5. The summed E-state index contributed by atoms with van der Waals surface area (Å²) >= 11 is 0. The van der Waals surface area contributed by atoms with Gasteiger partial charge in [-0.2, -0.15) is 0 Å². The lowest BCUT2D eigenvalue weighted by atomic mass is 10.1. The van der Waals surface area contributed by atoms with Gasteiger partial charge in [0.25, 0.3) is 0 Å². The predicted octanol–water partition coefficient (Wildman–Crippen LogP) is 1.35. The van der Waals surface area contributed by atoms with Crippen molar-refractivity contribution in [3.63, 3.8) is 0 Å². The molecule has 2 rings (SSSR count). The molecule has 0 saturated carbocycles. The number of esters is 1. The Bertz CT molecular complexity index is 597. The lowest BCUT2D eigenvalue weighted by molar-refractivity contribution is 0.0281. The molecular weight excluding hydrogens is 274 g/mol. The topological polar surface area (TPSA) is 75.5 Å². The van der Waals surface area contributed by atoms with Crippen molar-refractivity contribution < 1.29 is 19.0 Å². The van der Waals surface area contributed by atoms with Crippen LogP contribution in [-0.4, -0.2) is 48.4 Å². The molecule has 7 heteroatoms. The van der Waals surface area contributed by atoms with Crippen LogP contribution in [0.4, 0.5) is 0 Å². The number of rotatable bonds is 7. The van der Waals surface area contributed by atoms with Gasteiger partial charge in [-0.25, -0.2) is 9.48 Å². The number of carbonyl (C=O) groups excluding carboxylic acids is 1. The molecule has 0 aliphatic heterocycles. The Kier molecular flexibility index (Phi) is 5.42. The maximum Gasteiger partial charge on any atom is 0.338 e. The van der Waals surface area contributed by atoms with Crippen molar-refractivity contribution in [2.75, 3.05) is 27.4 Å². The van der Waals surface area contributed by atoms with Gasteiger partial charge in [0.1, 0.15) is 12.4 Å². The van der Waals surface area contributed by atoms with E-state index >= 15 is 0 Å². The van der Waals surface area contributed by atoms with Gasteiger partial charge < -0.3 is 14.2 Å². The minimum Gasteiger partial charge on any atom is -0.465 e. The van der Waals surface area contributed by atoms with Gasteiger partial charge in [-0.15, -0.1) is 5.10 Å². The number of aromatic nitrogens is 3. The Labute approximate surface area is 122 Å². The van der Waals surface area contributed by atoms with E-state index in [0.717, 1.165) is 0 Å². The second-order valence-electron chi connectivity index (χ2n) is 4.21. The molecule has 0 bridgehead atoms. The quantitative estimate of drug-likeness (QED) is 0.566. The fraction of sp³-hybridized carbons (Fsp3) is 0.357. The van der Waals surface area contributed by atoms with E-state index in [-0.39, 0.29) is 6.73 Å². The number of benzene rings is 1. The second-order valence-corrected chi connectivity index (χ2v) is 4.21. The molecule has 0 aliphatic rings. The van der Waals surface area contributed by atoms with Gasteiger partial charge in [0.15, 0.2) is 0 Å². The first-order valence-electron chi connectivity index (χ1n) is 6.40. The van der Waals surface area contributed by atoms with Crippen LogP contribution < -0.4 is 0 Å². The van der Waals surface area contributed by atoms with Crippen molar-refractivity contribution in [1.82, 2.24) is 15.0 Å². The minimum atomic E-state index is -0.406. The van der Waals surface area contributed by atoms with Gasteiger partial charge in [0, 0.05) is 12.7 Å². The van der Waals surface area contributed by atoms with E-state index < -0.39 is 5.97 Å². The van der Waals surface area contributed by atoms with Crippen molar-refractivity contribution in [1.29, 1.82) is 0 Å². The van der Waals surface area contributed by atoms with Crippen LogP contribution in [0.5, 0.6) is 0 Å². The number of hydrogen-bond acceptors (Lipinski definition) is 6. The van der Waals surface area contributed by atoms with Gasteiger partial charge in [0.2, 0.25) is 0 Å². The number of ether oxygens (including phenoxy) is 3. The average Bonchev–Trinajstić information content (AvgIpc) is 2.99. The molecule has 0 fully saturated rings. The van der Waals surface area contributed by atoms with Crippen molar-refractivity contribution in [2.24, 2.45) is 0 Å². The summed E-state index contributed by atoms with van der Waals surface area (Å²) in [6, 6.07) is 7.09. The van der Waals surface area contributed by atoms with E-state index in [0.29, 0.717) is 30.0 Å². The number of methoxy groups -OCH3 is 2. The molecular formula is C14H17N3O4. The first kappa shape index (κ1) is 15.1. The summed E-state index contributed by atoms with van der Waals surface area (Å²) in [6.07, 6.45) is 1.72. The van der Waals surface area contributed by atoms with Crippen LogP contribution >= 0.6 is 0 Å². The largest absolute Gasteiger partial charge is 0.465 e. The van der Waals surface area contributed by atoms with E-state index in [1.807, 2.05) is 6.07 Å². The lowest BCUT2D eigenvalue weighted by Gasteiger charge is -2.04. The summed E-state index contributed by atoms with van der Waals surface area (Å²) in [4.78, 5) is 11.7. The first-order valence-corrected chi connectivity index (χ1v) is 6.40. The maximum absolute atomic E-state index is 11.7. The van der Waals surface area contributed by atoms with Gasteiger partial charge >= 0.3 is 5.97 Å². The third-order valence-electron chi connectivity index (χ3n) is 2.80. The number of nitrogens with zero attached hydrogens (tertiary/aromatic N) is 3. The van der Waals surface area contributed by atoms with Gasteiger partial charge in [-0.1, -0.05) is 23.4 Å². The molecule has 112 valence electrons. The normalized spacial score (nSPS) is 10.6. The van der Waals surface area contributed by atoms with Crippen LogP contribution in [0.2, 0.25) is 0 Å². The molecule has 0 atom stereocenters. The van der Waals surface area contributed by atoms with Crippen LogP contribution in [-0.2, 0) is 20.9 Å². The van der Waals surface area contributed by atoms with Crippen molar-refractivity contribution in [2.45, 2.75) is 6.73 Å². The molecule has 0 aliphatic carbocycles. The number of carbonyl (C=O) groups is 1. The van der Waals surface area contributed by atoms with E-state index in [1.54, 1.807) is 36.2 Å². The Morgan fingerprint density at radius 3 is 2.81 bits per heavy atom. The van der Waals surface area contributed by atoms with E-state index in [2.05, 4.69) is 10.3 Å². The highest BCUT2D eigenvalue weighted by Crippen LogP contribution is 2.21. The SMILES string of the molecule is COCCOCn1cc(-c2ccccc2C(=O)OC)nn1. The third kappa shape index (κ3) is 3.87. The summed E-state index contributed by atoms with van der Waals surface area (Å²) in [5.74, 6) is -0.406. The summed E-state index contributed by atoms with van der Waals surface area (Å²) < 4.78 is 16.6. The Balaban J connectivity index is 2.12. The molecule has 0 spiro atoms. The fourth-order valence-electron chi connectivity index (χ4n) is 1.78. The zero-order valence-corrected chi connectivity index (χ0v) is 12.0. The highest BCUT2D eigenvalue weighted by Gasteiger charge is 2.14. The minimum absolute atomic E-state index is 0.275. The van der Waals surface area contributed by atoms with E-state index in [4.69, 9.17) is 14.2 Å². The molecule has 7 nitrogen and oxygen atoms in total. The first-order chi connectivity index (χ1) is 10.3. The molecule has 21 heavy (non-hydrogen) atoms. The summed E-state index contributed by atoms with van der Waals surface area (Å²) in [5, 5.41) is 8.02.